The molecular weight excluding hydrogens is 276 g/mol. The van der Waals surface area contributed by atoms with Crippen molar-refractivity contribution in [2.75, 3.05) is 11.9 Å². The number of aromatic nitrogens is 1. The smallest absolute Gasteiger partial charge is 0.337 e. The van der Waals surface area contributed by atoms with Gasteiger partial charge in [0.05, 0.1) is 10.6 Å². The summed E-state index contributed by atoms with van der Waals surface area (Å²) in [6.07, 6.45) is 2.41. The normalized spacial score (nSPS) is 16.1. The van der Waals surface area contributed by atoms with E-state index >= 15 is 0 Å². The Kier molecular flexibility index (Phi) is 3.32. The molecule has 0 amide bonds. The highest BCUT2D eigenvalue weighted by atomic mass is 35.5. The third-order valence-corrected chi connectivity index (χ3v) is 3.88. The van der Waals surface area contributed by atoms with Crippen molar-refractivity contribution >= 4 is 23.4 Å². The molecule has 0 saturated heterocycles. The maximum absolute atomic E-state index is 11.0. The first-order valence-electron chi connectivity index (χ1n) is 6.35. The molecule has 1 aromatic carbocycles. The van der Waals surface area contributed by atoms with E-state index in [0.29, 0.717) is 11.7 Å². The van der Waals surface area contributed by atoms with Crippen LogP contribution in [0.3, 0.4) is 0 Å². The van der Waals surface area contributed by atoms with Gasteiger partial charge in [-0.3, -0.25) is 0 Å². The lowest BCUT2D eigenvalue weighted by molar-refractivity contribution is 0.0697. The molecule has 1 aliphatic rings. The molecular formula is C15H13ClN2O2. The third-order valence-electron chi connectivity index (χ3n) is 3.58. The molecule has 0 radical (unpaired) electrons. The standard InChI is InChI=1S/C15H13ClN2O2/c16-13-8-18-14(6-12(13)15(19)20)17-7-10-5-9-3-1-2-4-11(9)10/h1-4,6,8,10H,5,7H2,(H,17,18)(H,19,20). The van der Waals surface area contributed by atoms with Crippen LogP contribution in [0.25, 0.3) is 0 Å². The van der Waals surface area contributed by atoms with Crippen LogP contribution in [-0.4, -0.2) is 22.6 Å². The van der Waals surface area contributed by atoms with E-state index in [1.807, 2.05) is 12.1 Å². The highest BCUT2D eigenvalue weighted by molar-refractivity contribution is 6.33. The first kappa shape index (κ1) is 12.9. The minimum Gasteiger partial charge on any atom is -0.478 e. The molecule has 20 heavy (non-hydrogen) atoms. The zero-order valence-corrected chi connectivity index (χ0v) is 11.4. The third kappa shape index (κ3) is 2.34. The van der Waals surface area contributed by atoms with Crippen LogP contribution in [0.1, 0.15) is 27.4 Å². The van der Waals surface area contributed by atoms with Gasteiger partial charge in [-0.25, -0.2) is 9.78 Å². The summed E-state index contributed by atoms with van der Waals surface area (Å²) < 4.78 is 0. The summed E-state index contributed by atoms with van der Waals surface area (Å²) in [5.74, 6) is -0.0532. The molecule has 0 spiro atoms. The van der Waals surface area contributed by atoms with E-state index in [1.165, 1.54) is 23.4 Å². The summed E-state index contributed by atoms with van der Waals surface area (Å²) >= 11 is 5.79. The van der Waals surface area contributed by atoms with Gasteiger partial charge in [-0.2, -0.15) is 0 Å². The first-order valence-corrected chi connectivity index (χ1v) is 6.73. The molecule has 2 aromatic rings. The Morgan fingerprint density at radius 3 is 3.00 bits per heavy atom. The van der Waals surface area contributed by atoms with Crippen LogP contribution in [0.5, 0.6) is 0 Å². The van der Waals surface area contributed by atoms with Crippen molar-refractivity contribution in [3.8, 4) is 0 Å². The number of pyridine rings is 1. The van der Waals surface area contributed by atoms with Crippen LogP contribution in [0.15, 0.2) is 36.5 Å². The molecule has 4 nitrogen and oxygen atoms in total. The molecule has 102 valence electrons. The quantitative estimate of drug-likeness (QED) is 0.907. The Hall–Kier alpha value is -2.07. The number of hydrogen-bond acceptors (Lipinski definition) is 3. The van der Waals surface area contributed by atoms with Gasteiger partial charge in [0.15, 0.2) is 0 Å². The predicted molar refractivity (Wildman–Crippen MR) is 77.6 cm³/mol. The van der Waals surface area contributed by atoms with Crippen LogP contribution >= 0.6 is 11.6 Å². The Bertz CT molecular complexity index is 673. The Morgan fingerprint density at radius 2 is 2.25 bits per heavy atom. The molecule has 2 N–H and O–H groups in total. The number of benzene rings is 1. The molecule has 1 heterocycles. The molecule has 1 atom stereocenters. The number of nitrogens with one attached hydrogen (secondary N) is 1. The number of carboxylic acids is 1. The van der Waals surface area contributed by atoms with Crippen LogP contribution in [0.2, 0.25) is 5.02 Å². The van der Waals surface area contributed by atoms with Crippen molar-refractivity contribution in [1.29, 1.82) is 0 Å². The van der Waals surface area contributed by atoms with Gasteiger partial charge >= 0.3 is 5.97 Å². The SMILES string of the molecule is O=C(O)c1cc(NCC2Cc3ccccc32)ncc1Cl. The Labute approximate surface area is 121 Å². The number of anilines is 1. The molecule has 1 aromatic heterocycles. The molecule has 0 fully saturated rings. The highest BCUT2D eigenvalue weighted by Crippen LogP contribution is 2.34. The fourth-order valence-corrected chi connectivity index (χ4v) is 2.66. The van der Waals surface area contributed by atoms with Gasteiger partial charge in [0.2, 0.25) is 0 Å². The lowest BCUT2D eigenvalue weighted by Crippen LogP contribution is -2.24. The molecule has 1 unspecified atom stereocenters. The van der Waals surface area contributed by atoms with Crippen molar-refractivity contribution in [1.82, 2.24) is 4.98 Å². The second-order valence-electron chi connectivity index (χ2n) is 4.84. The molecule has 0 bridgehead atoms. The molecule has 0 saturated carbocycles. The number of fused-ring (bicyclic) bond motifs is 1. The van der Waals surface area contributed by atoms with Crippen LogP contribution in [0, 0.1) is 0 Å². The first-order chi connectivity index (χ1) is 9.65. The van der Waals surface area contributed by atoms with Gasteiger partial charge < -0.3 is 10.4 Å². The number of rotatable bonds is 4. The Balaban J connectivity index is 1.68. The summed E-state index contributed by atoms with van der Waals surface area (Å²) in [7, 11) is 0. The van der Waals surface area contributed by atoms with Gasteiger partial charge in [-0.1, -0.05) is 35.9 Å². The average Bonchev–Trinajstić information content (AvgIpc) is 2.41. The zero-order chi connectivity index (χ0) is 14.1. The number of aromatic carboxylic acids is 1. The van der Waals surface area contributed by atoms with Crippen LogP contribution < -0.4 is 5.32 Å². The van der Waals surface area contributed by atoms with E-state index in [4.69, 9.17) is 16.7 Å². The van der Waals surface area contributed by atoms with Crippen molar-refractivity contribution in [3.05, 3.63) is 58.2 Å². The minimum atomic E-state index is -1.05. The molecule has 1 aliphatic carbocycles. The molecule has 3 rings (SSSR count). The maximum atomic E-state index is 11.0. The van der Waals surface area contributed by atoms with E-state index in [-0.39, 0.29) is 10.6 Å². The topological polar surface area (TPSA) is 62.2 Å². The summed E-state index contributed by atoms with van der Waals surface area (Å²) in [6, 6.07) is 9.81. The van der Waals surface area contributed by atoms with Crippen molar-refractivity contribution < 1.29 is 9.90 Å². The van der Waals surface area contributed by atoms with E-state index < -0.39 is 5.97 Å². The lowest BCUT2D eigenvalue weighted by atomic mass is 9.77. The maximum Gasteiger partial charge on any atom is 0.337 e. The van der Waals surface area contributed by atoms with E-state index in [1.54, 1.807) is 0 Å². The minimum absolute atomic E-state index is 0.0678. The summed E-state index contributed by atoms with van der Waals surface area (Å²) in [5.41, 5.74) is 2.81. The summed E-state index contributed by atoms with van der Waals surface area (Å²) in [6.45, 7) is 0.741. The number of halogens is 1. The second kappa shape index (κ2) is 5.13. The van der Waals surface area contributed by atoms with Gasteiger partial charge in [-0.05, 0) is 23.6 Å². The summed E-state index contributed by atoms with van der Waals surface area (Å²) in [4.78, 5) is 15.1. The fourth-order valence-electron chi connectivity index (χ4n) is 2.47. The number of carboxylic acid groups (broad SMARTS) is 1. The van der Waals surface area contributed by atoms with Gasteiger partial charge in [0, 0.05) is 18.7 Å². The average molecular weight is 289 g/mol. The Morgan fingerprint density at radius 1 is 1.45 bits per heavy atom. The number of hydrogen-bond donors (Lipinski definition) is 2. The fraction of sp³-hybridized carbons (Fsp3) is 0.200. The van der Waals surface area contributed by atoms with Crippen molar-refractivity contribution in [3.63, 3.8) is 0 Å². The number of nitrogens with zero attached hydrogens (tertiary/aromatic N) is 1. The van der Waals surface area contributed by atoms with E-state index in [9.17, 15) is 4.79 Å². The van der Waals surface area contributed by atoms with Crippen LogP contribution in [0.4, 0.5) is 5.82 Å². The zero-order valence-electron chi connectivity index (χ0n) is 10.6. The molecule has 5 heteroatoms. The van der Waals surface area contributed by atoms with Crippen LogP contribution in [-0.2, 0) is 6.42 Å². The van der Waals surface area contributed by atoms with E-state index in [2.05, 4.69) is 22.4 Å². The van der Waals surface area contributed by atoms with E-state index in [0.717, 1.165) is 13.0 Å². The highest BCUT2D eigenvalue weighted by Gasteiger charge is 2.25. The monoisotopic (exact) mass is 288 g/mol. The lowest BCUT2D eigenvalue weighted by Gasteiger charge is -2.30. The predicted octanol–water partition coefficient (Wildman–Crippen LogP) is 3.19. The second-order valence-corrected chi connectivity index (χ2v) is 5.24. The largest absolute Gasteiger partial charge is 0.478 e. The van der Waals surface area contributed by atoms with Crippen molar-refractivity contribution in [2.45, 2.75) is 12.3 Å². The molecule has 0 aliphatic heterocycles. The van der Waals surface area contributed by atoms with Gasteiger partial charge in [0.1, 0.15) is 5.82 Å². The number of carbonyl (C=O) groups is 1. The van der Waals surface area contributed by atoms with Gasteiger partial charge in [-0.15, -0.1) is 0 Å². The summed E-state index contributed by atoms with van der Waals surface area (Å²) in [5, 5.41) is 12.3. The van der Waals surface area contributed by atoms with Crippen molar-refractivity contribution in [2.24, 2.45) is 0 Å². The van der Waals surface area contributed by atoms with Gasteiger partial charge in [0.25, 0.3) is 0 Å².